The van der Waals surface area contributed by atoms with Crippen LogP contribution in [-0.2, 0) is 26.1 Å². The van der Waals surface area contributed by atoms with E-state index in [1.807, 2.05) is 0 Å². The maximum atomic E-state index is 13.5. The highest BCUT2D eigenvalue weighted by Gasteiger charge is 2.16. The van der Waals surface area contributed by atoms with Gasteiger partial charge in [0.15, 0.2) is 6.61 Å². The largest absolute Gasteiger partial charge is 0.468 e. The lowest BCUT2D eigenvalue weighted by Crippen LogP contribution is -2.23. The summed E-state index contributed by atoms with van der Waals surface area (Å²) in [5, 5.41) is 2.42. The first kappa shape index (κ1) is 22.2. The second-order valence-electron chi connectivity index (χ2n) is 6.52. The smallest absolute Gasteiger partial charge is 0.338 e. The molecule has 1 amide bonds. The molecule has 2 aromatic carbocycles. The Morgan fingerprint density at radius 1 is 1.10 bits per heavy atom. The van der Waals surface area contributed by atoms with E-state index in [1.165, 1.54) is 42.7 Å². The van der Waals surface area contributed by atoms with Crippen LogP contribution in [0.2, 0.25) is 0 Å². The second-order valence-corrected chi connectivity index (χ2v) is 8.28. The zero-order chi connectivity index (χ0) is 22.4. The van der Waals surface area contributed by atoms with Crippen molar-refractivity contribution in [2.75, 3.05) is 11.9 Å². The van der Waals surface area contributed by atoms with Gasteiger partial charge in [0.25, 0.3) is 5.91 Å². The molecular weight excluding hydrogens is 427 g/mol. The minimum atomic E-state index is -3.80. The molecule has 0 saturated carbocycles. The van der Waals surface area contributed by atoms with Crippen LogP contribution in [0, 0.1) is 12.7 Å². The van der Waals surface area contributed by atoms with Gasteiger partial charge in [-0.1, -0.05) is 6.07 Å². The van der Waals surface area contributed by atoms with E-state index in [-0.39, 0.29) is 22.7 Å². The fraction of sp³-hybridized carbons (Fsp3) is 0.143. The van der Waals surface area contributed by atoms with Gasteiger partial charge in [-0.3, -0.25) is 4.79 Å². The summed E-state index contributed by atoms with van der Waals surface area (Å²) in [6.45, 7) is 0.993. The van der Waals surface area contributed by atoms with Crippen LogP contribution in [0.15, 0.2) is 70.2 Å². The number of furan rings is 1. The van der Waals surface area contributed by atoms with Gasteiger partial charge in [0.05, 0.1) is 23.3 Å². The number of sulfonamides is 1. The average molecular weight is 446 g/mol. The van der Waals surface area contributed by atoms with E-state index in [1.54, 1.807) is 19.1 Å². The van der Waals surface area contributed by atoms with E-state index in [0.717, 1.165) is 6.07 Å². The Bertz CT molecular complexity index is 1180. The number of nitrogens with one attached hydrogen (secondary N) is 2. The summed E-state index contributed by atoms with van der Waals surface area (Å²) in [5.74, 6) is -1.46. The summed E-state index contributed by atoms with van der Waals surface area (Å²) in [4.78, 5) is 23.9. The Kier molecular flexibility index (Phi) is 6.83. The van der Waals surface area contributed by atoms with E-state index < -0.39 is 34.3 Å². The summed E-state index contributed by atoms with van der Waals surface area (Å²) in [6.07, 6.45) is 1.43. The van der Waals surface area contributed by atoms with Crippen LogP contribution in [-0.4, -0.2) is 26.9 Å². The van der Waals surface area contributed by atoms with Crippen molar-refractivity contribution < 1.29 is 31.6 Å². The summed E-state index contributed by atoms with van der Waals surface area (Å²) in [5.41, 5.74) is 0.742. The molecule has 1 heterocycles. The fourth-order valence-electron chi connectivity index (χ4n) is 2.51. The van der Waals surface area contributed by atoms with Crippen molar-refractivity contribution in [1.29, 1.82) is 0 Å². The molecule has 0 bridgehead atoms. The van der Waals surface area contributed by atoms with Crippen LogP contribution in [0.4, 0.5) is 10.1 Å². The molecule has 31 heavy (non-hydrogen) atoms. The van der Waals surface area contributed by atoms with Gasteiger partial charge in [-0.25, -0.2) is 22.3 Å². The van der Waals surface area contributed by atoms with E-state index in [9.17, 15) is 22.4 Å². The van der Waals surface area contributed by atoms with Gasteiger partial charge in [0.1, 0.15) is 11.6 Å². The highest BCUT2D eigenvalue weighted by atomic mass is 32.2. The van der Waals surface area contributed by atoms with Gasteiger partial charge in [-0.05, 0) is 61.0 Å². The van der Waals surface area contributed by atoms with E-state index in [2.05, 4.69) is 10.0 Å². The highest BCUT2D eigenvalue weighted by molar-refractivity contribution is 7.89. The Balaban J connectivity index is 1.53. The number of esters is 1. The van der Waals surface area contributed by atoms with E-state index in [4.69, 9.17) is 9.15 Å². The third-order valence-corrected chi connectivity index (χ3v) is 5.62. The third kappa shape index (κ3) is 6.00. The molecule has 0 spiro atoms. The summed E-state index contributed by atoms with van der Waals surface area (Å²) >= 11 is 0. The normalized spacial score (nSPS) is 11.2. The third-order valence-electron chi connectivity index (χ3n) is 4.21. The van der Waals surface area contributed by atoms with Gasteiger partial charge >= 0.3 is 5.97 Å². The van der Waals surface area contributed by atoms with Crippen molar-refractivity contribution in [2.45, 2.75) is 18.4 Å². The van der Waals surface area contributed by atoms with Gasteiger partial charge in [0.2, 0.25) is 10.0 Å². The monoisotopic (exact) mass is 446 g/mol. The quantitative estimate of drug-likeness (QED) is 0.514. The lowest BCUT2D eigenvalue weighted by molar-refractivity contribution is -0.119. The maximum Gasteiger partial charge on any atom is 0.338 e. The lowest BCUT2D eigenvalue weighted by atomic mass is 10.2. The molecule has 1 aromatic heterocycles. The van der Waals surface area contributed by atoms with Crippen molar-refractivity contribution in [1.82, 2.24) is 4.72 Å². The number of amides is 1. The Labute approximate surface area is 178 Å². The van der Waals surface area contributed by atoms with Gasteiger partial charge < -0.3 is 14.5 Å². The van der Waals surface area contributed by atoms with Crippen LogP contribution < -0.4 is 10.0 Å². The minimum absolute atomic E-state index is 0.0148. The topological polar surface area (TPSA) is 115 Å². The van der Waals surface area contributed by atoms with Crippen molar-refractivity contribution in [3.05, 3.63) is 83.6 Å². The maximum absolute atomic E-state index is 13.5. The van der Waals surface area contributed by atoms with Crippen LogP contribution in [0.25, 0.3) is 0 Å². The molecule has 0 aliphatic heterocycles. The number of rotatable bonds is 8. The van der Waals surface area contributed by atoms with Crippen molar-refractivity contribution in [3.8, 4) is 0 Å². The first-order valence-electron chi connectivity index (χ1n) is 9.10. The molecule has 3 rings (SSSR count). The average Bonchev–Trinajstić information content (AvgIpc) is 3.27. The van der Waals surface area contributed by atoms with Gasteiger partial charge in [-0.2, -0.15) is 0 Å². The number of carbonyl (C=O) groups excluding carboxylic acids is 2. The zero-order valence-corrected chi connectivity index (χ0v) is 17.2. The Morgan fingerprint density at radius 2 is 1.84 bits per heavy atom. The van der Waals surface area contributed by atoms with Crippen molar-refractivity contribution in [3.63, 3.8) is 0 Å². The van der Waals surface area contributed by atoms with Gasteiger partial charge in [-0.15, -0.1) is 0 Å². The van der Waals surface area contributed by atoms with Crippen molar-refractivity contribution in [2.24, 2.45) is 0 Å². The number of hydrogen-bond donors (Lipinski definition) is 2. The number of halogens is 1. The first-order valence-corrected chi connectivity index (χ1v) is 10.6. The number of benzene rings is 2. The molecule has 0 unspecified atom stereocenters. The lowest BCUT2D eigenvalue weighted by Gasteiger charge is -2.08. The molecule has 0 aliphatic carbocycles. The predicted octanol–water partition coefficient (Wildman–Crippen LogP) is 3.00. The predicted molar refractivity (Wildman–Crippen MR) is 109 cm³/mol. The number of aryl methyl sites for hydroxylation is 1. The molecule has 2 N–H and O–H groups in total. The van der Waals surface area contributed by atoms with Crippen LogP contribution in [0.1, 0.15) is 21.7 Å². The number of hydrogen-bond acceptors (Lipinski definition) is 6. The standard InChI is InChI=1S/C21H19FN2O6S/c1-14-4-7-16(11-19(14)22)24-20(25)13-30-21(26)15-5-8-18(9-6-15)31(27,28)23-12-17-3-2-10-29-17/h2-11,23H,12-13H2,1H3,(H,24,25). The first-order chi connectivity index (χ1) is 14.7. The Morgan fingerprint density at radius 3 is 2.48 bits per heavy atom. The van der Waals surface area contributed by atoms with Crippen LogP contribution in [0.5, 0.6) is 0 Å². The zero-order valence-electron chi connectivity index (χ0n) is 16.4. The molecular formula is C21H19FN2O6S. The molecule has 0 atom stereocenters. The SMILES string of the molecule is Cc1ccc(NC(=O)COC(=O)c2ccc(S(=O)(=O)NCc3ccco3)cc2)cc1F. The molecule has 3 aromatic rings. The number of anilines is 1. The molecule has 0 fully saturated rings. The van der Waals surface area contributed by atoms with Crippen molar-refractivity contribution >= 4 is 27.6 Å². The molecule has 0 aliphatic rings. The summed E-state index contributed by atoms with van der Waals surface area (Å²) < 4.78 is 50.5. The summed E-state index contributed by atoms with van der Waals surface area (Å²) in [6, 6.07) is 12.5. The number of carbonyl (C=O) groups is 2. The van der Waals surface area contributed by atoms with Gasteiger partial charge in [0, 0.05) is 5.69 Å². The molecule has 8 nitrogen and oxygen atoms in total. The Hall–Kier alpha value is -3.50. The summed E-state index contributed by atoms with van der Waals surface area (Å²) in [7, 11) is -3.80. The molecule has 10 heteroatoms. The molecule has 0 radical (unpaired) electrons. The fourth-order valence-corrected chi connectivity index (χ4v) is 3.51. The molecule has 162 valence electrons. The highest BCUT2D eigenvalue weighted by Crippen LogP contribution is 2.14. The van der Waals surface area contributed by atoms with E-state index in [0.29, 0.717) is 11.3 Å². The van der Waals surface area contributed by atoms with Crippen LogP contribution in [0.3, 0.4) is 0 Å². The molecule has 0 saturated heterocycles. The minimum Gasteiger partial charge on any atom is -0.468 e. The van der Waals surface area contributed by atoms with Crippen LogP contribution >= 0.6 is 0 Å². The number of ether oxygens (including phenoxy) is 1. The second kappa shape index (κ2) is 9.54. The van der Waals surface area contributed by atoms with E-state index >= 15 is 0 Å².